The Labute approximate surface area is 212 Å². The van der Waals surface area contributed by atoms with Gasteiger partial charge in [-0.3, -0.25) is 19.2 Å². The number of nitrogens with one attached hydrogen (secondary N) is 3. The van der Waals surface area contributed by atoms with E-state index in [1.807, 2.05) is 45.0 Å². The van der Waals surface area contributed by atoms with Crippen LogP contribution in [0.3, 0.4) is 0 Å². The lowest BCUT2D eigenvalue weighted by atomic mass is 9.80. The number of hydrogen-bond donors (Lipinski definition) is 3. The van der Waals surface area contributed by atoms with Gasteiger partial charge in [-0.25, -0.2) is 0 Å². The number of carbonyl (C=O) groups is 4. The molecule has 4 rings (SSSR count). The monoisotopic (exact) mass is 493 g/mol. The van der Waals surface area contributed by atoms with E-state index < -0.39 is 29.4 Å². The Morgan fingerprint density at radius 3 is 2.50 bits per heavy atom. The molecule has 0 radical (unpaired) electrons. The number of nitrogens with zero attached hydrogens (tertiary/aromatic N) is 2. The lowest BCUT2D eigenvalue weighted by Crippen LogP contribution is -2.56. The molecule has 1 aromatic rings. The van der Waals surface area contributed by atoms with E-state index in [-0.39, 0.29) is 36.1 Å². The highest BCUT2D eigenvalue weighted by molar-refractivity contribution is 6.07. The molecular formula is C27H35N5O4. The molecule has 9 nitrogen and oxygen atoms in total. The van der Waals surface area contributed by atoms with Crippen LogP contribution in [0.5, 0.6) is 0 Å². The van der Waals surface area contributed by atoms with Gasteiger partial charge in [-0.2, -0.15) is 5.26 Å². The van der Waals surface area contributed by atoms with Gasteiger partial charge in [0.15, 0.2) is 0 Å². The molecule has 2 fully saturated rings. The summed E-state index contributed by atoms with van der Waals surface area (Å²) in [5, 5.41) is 18.4. The van der Waals surface area contributed by atoms with Crippen molar-refractivity contribution < 1.29 is 19.2 Å². The molecule has 0 unspecified atom stereocenters. The zero-order chi connectivity index (χ0) is 26.3. The summed E-state index contributed by atoms with van der Waals surface area (Å²) in [5.74, 6) is -0.901. The predicted molar refractivity (Wildman–Crippen MR) is 133 cm³/mol. The first-order chi connectivity index (χ1) is 16.9. The summed E-state index contributed by atoms with van der Waals surface area (Å²) in [6.45, 7) is 7.37. The molecule has 0 aromatic heterocycles. The van der Waals surface area contributed by atoms with Crippen LogP contribution in [0.15, 0.2) is 24.3 Å². The van der Waals surface area contributed by atoms with Crippen LogP contribution in [0.25, 0.3) is 0 Å². The maximum Gasteiger partial charge on any atom is 0.246 e. The molecule has 1 aliphatic carbocycles. The van der Waals surface area contributed by atoms with Gasteiger partial charge in [-0.15, -0.1) is 0 Å². The highest BCUT2D eigenvalue weighted by Crippen LogP contribution is 2.46. The van der Waals surface area contributed by atoms with Crippen LogP contribution in [-0.4, -0.2) is 53.2 Å². The Hall–Kier alpha value is -3.41. The van der Waals surface area contributed by atoms with Crippen LogP contribution in [0.1, 0.15) is 65.4 Å². The fourth-order valence-corrected chi connectivity index (χ4v) is 5.43. The molecule has 9 heteroatoms. The molecule has 4 amide bonds. The van der Waals surface area contributed by atoms with Gasteiger partial charge in [-0.05, 0) is 35.8 Å². The number of benzene rings is 1. The van der Waals surface area contributed by atoms with Crippen LogP contribution in [0.4, 0.5) is 5.69 Å². The lowest BCUT2D eigenvalue weighted by Gasteiger charge is -2.32. The van der Waals surface area contributed by atoms with Gasteiger partial charge in [0, 0.05) is 25.6 Å². The van der Waals surface area contributed by atoms with Gasteiger partial charge in [0.25, 0.3) is 0 Å². The number of amides is 4. The van der Waals surface area contributed by atoms with E-state index in [0.29, 0.717) is 24.4 Å². The summed E-state index contributed by atoms with van der Waals surface area (Å²) in [6.07, 6.45) is 3.13. The first-order valence-electron chi connectivity index (χ1n) is 12.6. The van der Waals surface area contributed by atoms with Crippen molar-refractivity contribution in [1.29, 1.82) is 5.26 Å². The molecule has 192 valence electrons. The first kappa shape index (κ1) is 25.7. The molecule has 36 heavy (non-hydrogen) atoms. The van der Waals surface area contributed by atoms with E-state index in [1.54, 1.807) is 0 Å². The van der Waals surface area contributed by atoms with Crippen LogP contribution in [-0.2, 0) is 24.6 Å². The summed E-state index contributed by atoms with van der Waals surface area (Å²) >= 11 is 0. The van der Waals surface area contributed by atoms with Gasteiger partial charge in [0.1, 0.15) is 18.1 Å². The van der Waals surface area contributed by atoms with Crippen molar-refractivity contribution in [1.82, 2.24) is 15.5 Å². The van der Waals surface area contributed by atoms with E-state index in [9.17, 15) is 24.4 Å². The maximum atomic E-state index is 13.9. The van der Waals surface area contributed by atoms with E-state index in [4.69, 9.17) is 0 Å². The van der Waals surface area contributed by atoms with Crippen LogP contribution in [0.2, 0.25) is 0 Å². The normalized spacial score (nSPS) is 24.5. The van der Waals surface area contributed by atoms with E-state index >= 15 is 0 Å². The Kier molecular flexibility index (Phi) is 6.82. The van der Waals surface area contributed by atoms with Gasteiger partial charge < -0.3 is 20.9 Å². The number of hydrogen-bond acceptors (Lipinski definition) is 5. The summed E-state index contributed by atoms with van der Waals surface area (Å²) in [4.78, 5) is 53.4. The average molecular weight is 494 g/mol. The molecule has 4 atom stereocenters. The first-order valence-corrected chi connectivity index (χ1v) is 12.6. The molecule has 1 saturated carbocycles. The molecule has 0 bridgehead atoms. The standard InChI is InChI=1S/C27H35N5O4/c1-16(33)29-21(11-17-9-10-17)23(34)30-22(13-26(2,3)4)24(35)32-15-27(12-18(32)14-28)19-7-5-6-8-20(19)31-25(27)36/h5-8,17-18,21-22H,9-13,15H2,1-4H3,(H,29,33)(H,30,34)(H,31,36)/t18-,21-,22-,27-/m0/s1. The zero-order valence-corrected chi connectivity index (χ0v) is 21.4. The summed E-state index contributed by atoms with van der Waals surface area (Å²) < 4.78 is 0. The Morgan fingerprint density at radius 1 is 1.19 bits per heavy atom. The Morgan fingerprint density at radius 2 is 1.89 bits per heavy atom. The third kappa shape index (κ3) is 5.23. The number of likely N-dealkylation sites (tertiary alicyclic amines) is 1. The number of nitriles is 1. The van der Waals surface area contributed by atoms with Crippen molar-refractivity contribution in [3.05, 3.63) is 29.8 Å². The van der Waals surface area contributed by atoms with Gasteiger partial charge >= 0.3 is 0 Å². The third-order valence-corrected chi connectivity index (χ3v) is 7.31. The zero-order valence-electron chi connectivity index (χ0n) is 21.4. The lowest BCUT2D eigenvalue weighted by molar-refractivity contribution is -0.138. The number of carbonyl (C=O) groups excluding carboxylic acids is 4. The molecule has 1 aromatic carbocycles. The van der Waals surface area contributed by atoms with Crippen molar-refractivity contribution in [2.45, 2.75) is 83.3 Å². The highest BCUT2D eigenvalue weighted by atomic mass is 16.2. The molecule has 1 spiro atoms. The van der Waals surface area contributed by atoms with E-state index in [0.717, 1.165) is 18.4 Å². The number of para-hydroxylation sites is 1. The highest BCUT2D eigenvalue weighted by Gasteiger charge is 2.56. The number of rotatable bonds is 7. The van der Waals surface area contributed by atoms with Gasteiger partial charge in [-0.1, -0.05) is 51.8 Å². The van der Waals surface area contributed by atoms with E-state index in [1.165, 1.54) is 11.8 Å². The van der Waals surface area contributed by atoms with Crippen LogP contribution in [0, 0.1) is 22.7 Å². The predicted octanol–water partition coefficient (Wildman–Crippen LogP) is 2.23. The molecular weight excluding hydrogens is 458 g/mol. The second-order valence-corrected chi connectivity index (χ2v) is 11.7. The minimum atomic E-state index is -0.992. The maximum absolute atomic E-state index is 13.9. The fourth-order valence-electron chi connectivity index (χ4n) is 5.43. The third-order valence-electron chi connectivity index (χ3n) is 7.31. The van der Waals surface area contributed by atoms with E-state index in [2.05, 4.69) is 22.0 Å². The second-order valence-electron chi connectivity index (χ2n) is 11.7. The second kappa shape index (κ2) is 9.57. The van der Waals surface area contributed by atoms with Crippen LogP contribution >= 0.6 is 0 Å². The van der Waals surface area contributed by atoms with Crippen LogP contribution < -0.4 is 16.0 Å². The average Bonchev–Trinajstić information content (AvgIpc) is 3.46. The minimum absolute atomic E-state index is 0.0701. The van der Waals surface area contributed by atoms with Crippen molar-refractivity contribution in [2.24, 2.45) is 11.3 Å². The molecule has 1 saturated heterocycles. The fraction of sp³-hybridized carbons (Fsp3) is 0.593. The van der Waals surface area contributed by atoms with Crippen molar-refractivity contribution in [3.8, 4) is 6.07 Å². The molecule has 2 aliphatic heterocycles. The quantitative estimate of drug-likeness (QED) is 0.536. The SMILES string of the molecule is CC(=O)N[C@@H](CC1CC1)C(=O)N[C@@H](CC(C)(C)C)C(=O)N1C[C@]2(C[C@H]1C#N)C(=O)Nc1ccccc12. The number of anilines is 1. The summed E-state index contributed by atoms with van der Waals surface area (Å²) in [6, 6.07) is 7.16. The summed E-state index contributed by atoms with van der Waals surface area (Å²) in [7, 11) is 0. The van der Waals surface area contributed by atoms with Gasteiger partial charge in [0.2, 0.25) is 23.6 Å². The minimum Gasteiger partial charge on any atom is -0.345 e. The van der Waals surface area contributed by atoms with Gasteiger partial charge in [0.05, 0.1) is 11.5 Å². The van der Waals surface area contributed by atoms with Crippen molar-refractivity contribution in [3.63, 3.8) is 0 Å². The Balaban J connectivity index is 1.59. The van der Waals surface area contributed by atoms with Crippen molar-refractivity contribution >= 4 is 29.3 Å². The smallest absolute Gasteiger partial charge is 0.246 e. The number of fused-ring (bicyclic) bond motifs is 2. The summed E-state index contributed by atoms with van der Waals surface area (Å²) in [5.41, 5.74) is 0.196. The molecule has 3 N–H and O–H groups in total. The largest absolute Gasteiger partial charge is 0.345 e. The molecule has 2 heterocycles. The van der Waals surface area contributed by atoms with Crippen molar-refractivity contribution in [2.75, 3.05) is 11.9 Å². The topological polar surface area (TPSA) is 131 Å². The molecule has 3 aliphatic rings. The Bertz CT molecular complexity index is 1120.